The topological polar surface area (TPSA) is 40.5 Å². The van der Waals surface area contributed by atoms with Crippen LogP contribution in [0.2, 0.25) is 0 Å². The van der Waals surface area contributed by atoms with Gasteiger partial charge in [-0.25, -0.2) is 0 Å². The van der Waals surface area contributed by atoms with Crippen molar-refractivity contribution in [2.75, 3.05) is 0 Å². The molecule has 0 aliphatic rings. The Morgan fingerprint density at radius 3 is 2.22 bits per heavy atom. The number of carbonyl (C=O) groups is 1. The molecule has 0 saturated heterocycles. The zero-order chi connectivity index (χ0) is 20.6. The van der Waals surface area contributed by atoms with Crippen LogP contribution in [0.3, 0.4) is 0 Å². The first kappa shape index (κ1) is 23.4. The molecule has 0 fully saturated rings. The highest BCUT2D eigenvalue weighted by Crippen LogP contribution is 2.29. The molecule has 0 aliphatic carbocycles. The second kappa shape index (κ2) is 11.3. The van der Waals surface area contributed by atoms with Gasteiger partial charge in [-0.2, -0.15) is 0 Å². The summed E-state index contributed by atoms with van der Waals surface area (Å²) in [6, 6.07) is 7.40. The first-order valence-electron chi connectivity index (χ1n) is 9.49. The number of nitrogens with zero attached hydrogens (tertiary/aromatic N) is 1. The Kier molecular flexibility index (Phi) is 9.75. The second-order valence-corrected chi connectivity index (χ2v) is 8.08. The lowest BCUT2D eigenvalue weighted by Gasteiger charge is -2.32. The van der Waals surface area contributed by atoms with E-state index in [1.165, 1.54) is 4.90 Å². The van der Waals surface area contributed by atoms with Gasteiger partial charge < -0.3 is 5.11 Å². The molecule has 1 N–H and O–H groups in total. The molecule has 0 aliphatic heterocycles. The molecule has 1 rings (SSSR count). The smallest absolute Gasteiger partial charge is 0.232 e. The maximum Gasteiger partial charge on any atom is 0.232 e. The maximum atomic E-state index is 13.4. The van der Waals surface area contributed by atoms with E-state index in [0.29, 0.717) is 11.3 Å². The zero-order valence-electron chi connectivity index (χ0n) is 17.1. The fraction of sp³-hybridized carbons (Fsp3) is 0.435. The Morgan fingerprint density at radius 2 is 1.78 bits per heavy atom. The van der Waals surface area contributed by atoms with Crippen molar-refractivity contribution >= 4 is 21.8 Å². The van der Waals surface area contributed by atoms with E-state index in [-0.39, 0.29) is 11.8 Å². The predicted molar refractivity (Wildman–Crippen MR) is 117 cm³/mol. The minimum absolute atomic E-state index is 0.0558. The molecule has 0 heterocycles. The Bertz CT molecular complexity index is 700. The van der Waals surface area contributed by atoms with Crippen LogP contribution in [0, 0.1) is 5.92 Å². The highest BCUT2D eigenvalue weighted by atomic mass is 79.9. The summed E-state index contributed by atoms with van der Waals surface area (Å²) in [5, 5.41) is 11.1. The van der Waals surface area contributed by atoms with E-state index in [9.17, 15) is 9.90 Å². The number of rotatable bonds is 9. The SMILES string of the molecule is C=C(C)/C=C(\C=C(C)C)N(C(=O)C(CC)CCC)C(O)c1ccc(Br)cc1. The normalized spacial score (nSPS) is 13.7. The Labute approximate surface area is 172 Å². The Morgan fingerprint density at radius 1 is 1.19 bits per heavy atom. The van der Waals surface area contributed by atoms with Crippen LogP contribution in [-0.4, -0.2) is 15.9 Å². The summed E-state index contributed by atoms with van der Waals surface area (Å²) < 4.78 is 0.927. The van der Waals surface area contributed by atoms with E-state index in [2.05, 4.69) is 29.4 Å². The largest absolute Gasteiger partial charge is 0.369 e. The molecule has 0 bridgehead atoms. The molecule has 2 atom stereocenters. The van der Waals surface area contributed by atoms with Crippen molar-refractivity contribution in [3.05, 3.63) is 69.9 Å². The quantitative estimate of drug-likeness (QED) is 0.355. The number of halogens is 1. The van der Waals surface area contributed by atoms with Crippen molar-refractivity contribution < 1.29 is 9.90 Å². The van der Waals surface area contributed by atoms with Crippen LogP contribution in [0.25, 0.3) is 0 Å². The van der Waals surface area contributed by atoms with Gasteiger partial charge in [0, 0.05) is 21.7 Å². The van der Waals surface area contributed by atoms with Crippen LogP contribution < -0.4 is 0 Å². The predicted octanol–water partition coefficient (Wildman–Crippen LogP) is 6.52. The van der Waals surface area contributed by atoms with Gasteiger partial charge in [0.1, 0.15) is 0 Å². The molecule has 1 aromatic carbocycles. The van der Waals surface area contributed by atoms with Crippen LogP contribution >= 0.6 is 15.9 Å². The Hall–Kier alpha value is -1.65. The van der Waals surface area contributed by atoms with Gasteiger partial charge in [-0.05, 0) is 57.9 Å². The maximum absolute atomic E-state index is 13.4. The van der Waals surface area contributed by atoms with Crippen molar-refractivity contribution in [3.8, 4) is 0 Å². The molecule has 1 aromatic rings. The number of allylic oxidation sites excluding steroid dienone is 4. The molecule has 0 radical (unpaired) electrons. The van der Waals surface area contributed by atoms with E-state index in [1.807, 2.05) is 64.1 Å². The van der Waals surface area contributed by atoms with Crippen LogP contribution in [0.1, 0.15) is 65.7 Å². The molecule has 27 heavy (non-hydrogen) atoms. The summed E-state index contributed by atoms with van der Waals surface area (Å²) in [7, 11) is 0. The van der Waals surface area contributed by atoms with Crippen LogP contribution in [0.15, 0.2) is 64.3 Å². The van der Waals surface area contributed by atoms with Gasteiger partial charge >= 0.3 is 0 Å². The standard InChI is InChI=1S/C23H32BrNO2/c1-7-9-18(8-2)22(26)25(21(14-16(3)4)15-17(5)6)23(27)19-10-12-20(24)13-11-19/h10-15,18,23,27H,3,7-9H2,1-2,4-6H3/b21-14+. The lowest BCUT2D eigenvalue weighted by molar-refractivity contribution is -0.142. The van der Waals surface area contributed by atoms with Gasteiger partial charge in [0.25, 0.3) is 0 Å². The van der Waals surface area contributed by atoms with Gasteiger partial charge in [0.2, 0.25) is 5.91 Å². The summed E-state index contributed by atoms with van der Waals surface area (Å²) in [6.45, 7) is 13.9. The molecule has 1 amide bonds. The van der Waals surface area contributed by atoms with Gasteiger partial charge in [-0.15, -0.1) is 0 Å². The van der Waals surface area contributed by atoms with Crippen LogP contribution in [-0.2, 0) is 4.79 Å². The van der Waals surface area contributed by atoms with Crippen molar-refractivity contribution in [2.45, 2.75) is 60.1 Å². The Balaban J connectivity index is 3.49. The fourth-order valence-electron chi connectivity index (χ4n) is 2.95. The van der Waals surface area contributed by atoms with Crippen molar-refractivity contribution in [2.24, 2.45) is 5.92 Å². The second-order valence-electron chi connectivity index (χ2n) is 7.16. The lowest BCUT2D eigenvalue weighted by atomic mass is 9.97. The fourth-order valence-corrected chi connectivity index (χ4v) is 3.21. The molecule has 0 spiro atoms. The van der Waals surface area contributed by atoms with Gasteiger partial charge in [-0.3, -0.25) is 9.69 Å². The number of aliphatic hydroxyl groups excluding tert-OH is 1. The third-order valence-corrected chi connectivity index (χ3v) is 4.77. The summed E-state index contributed by atoms with van der Waals surface area (Å²) in [5.74, 6) is -0.182. The molecule has 0 aromatic heterocycles. The minimum atomic E-state index is -1.06. The molecule has 4 heteroatoms. The van der Waals surface area contributed by atoms with Gasteiger partial charge in [0.05, 0.1) is 0 Å². The summed E-state index contributed by atoms with van der Waals surface area (Å²) in [5.41, 5.74) is 3.21. The molecular formula is C23H32BrNO2. The van der Waals surface area contributed by atoms with E-state index in [0.717, 1.165) is 34.9 Å². The molecule has 0 saturated carbocycles. The molecule has 3 nitrogen and oxygen atoms in total. The van der Waals surface area contributed by atoms with Crippen molar-refractivity contribution in [1.82, 2.24) is 4.90 Å². The molecule has 2 unspecified atom stereocenters. The summed E-state index contributed by atoms with van der Waals surface area (Å²) >= 11 is 3.42. The number of hydrogen-bond acceptors (Lipinski definition) is 2. The van der Waals surface area contributed by atoms with E-state index >= 15 is 0 Å². The third kappa shape index (κ3) is 7.11. The monoisotopic (exact) mass is 433 g/mol. The lowest BCUT2D eigenvalue weighted by Crippen LogP contribution is -2.38. The number of aliphatic hydroxyl groups is 1. The van der Waals surface area contributed by atoms with E-state index < -0.39 is 6.23 Å². The van der Waals surface area contributed by atoms with E-state index in [4.69, 9.17) is 0 Å². The van der Waals surface area contributed by atoms with Crippen molar-refractivity contribution in [3.63, 3.8) is 0 Å². The third-order valence-electron chi connectivity index (χ3n) is 4.24. The summed E-state index contributed by atoms with van der Waals surface area (Å²) in [4.78, 5) is 14.9. The summed E-state index contributed by atoms with van der Waals surface area (Å²) in [6.07, 6.45) is 5.19. The number of amides is 1. The molecule has 148 valence electrons. The van der Waals surface area contributed by atoms with Gasteiger partial charge in [0.15, 0.2) is 6.23 Å². The van der Waals surface area contributed by atoms with Crippen LogP contribution in [0.4, 0.5) is 0 Å². The van der Waals surface area contributed by atoms with Crippen molar-refractivity contribution in [1.29, 1.82) is 0 Å². The average molecular weight is 434 g/mol. The van der Waals surface area contributed by atoms with E-state index in [1.54, 1.807) is 0 Å². The number of hydrogen-bond donors (Lipinski definition) is 1. The zero-order valence-corrected chi connectivity index (χ0v) is 18.7. The van der Waals surface area contributed by atoms with Gasteiger partial charge in [-0.1, -0.05) is 66.1 Å². The first-order valence-corrected chi connectivity index (χ1v) is 10.3. The molecular weight excluding hydrogens is 402 g/mol. The number of benzene rings is 1. The van der Waals surface area contributed by atoms with Crippen LogP contribution in [0.5, 0.6) is 0 Å². The minimum Gasteiger partial charge on any atom is -0.369 e. The first-order chi connectivity index (χ1) is 12.7. The number of carbonyl (C=O) groups excluding carboxylic acids is 1. The highest BCUT2D eigenvalue weighted by Gasteiger charge is 2.30. The average Bonchev–Trinajstić information content (AvgIpc) is 2.59. The highest BCUT2D eigenvalue weighted by molar-refractivity contribution is 9.10.